The highest BCUT2D eigenvalue weighted by Crippen LogP contribution is 2.14. The molecular formula is C18H16N4O. The van der Waals surface area contributed by atoms with Gasteiger partial charge in [0.2, 0.25) is 0 Å². The maximum Gasteiger partial charge on any atom is 0.260 e. The number of hydrogen-bond acceptors (Lipinski definition) is 3. The van der Waals surface area contributed by atoms with E-state index in [-0.39, 0.29) is 5.56 Å². The van der Waals surface area contributed by atoms with Gasteiger partial charge in [-0.15, -0.1) is 0 Å². The van der Waals surface area contributed by atoms with Crippen LogP contribution in [-0.2, 0) is 6.54 Å². The molecule has 0 saturated heterocycles. The van der Waals surface area contributed by atoms with Gasteiger partial charge in [0.25, 0.3) is 5.56 Å². The molecule has 0 fully saturated rings. The van der Waals surface area contributed by atoms with Gasteiger partial charge in [0.05, 0.1) is 17.6 Å². The van der Waals surface area contributed by atoms with E-state index in [1.807, 2.05) is 55.0 Å². The Hall–Kier alpha value is -2.95. The van der Waals surface area contributed by atoms with E-state index in [4.69, 9.17) is 0 Å². The summed E-state index contributed by atoms with van der Waals surface area (Å²) in [7, 11) is 0. The van der Waals surface area contributed by atoms with E-state index in [1.165, 1.54) is 5.56 Å². The van der Waals surface area contributed by atoms with Crippen molar-refractivity contribution in [2.24, 2.45) is 0 Å². The lowest BCUT2D eigenvalue weighted by Crippen LogP contribution is -2.21. The number of pyridine rings is 3. The maximum atomic E-state index is 12.6. The number of fused-ring (bicyclic) bond motifs is 2. The van der Waals surface area contributed by atoms with Gasteiger partial charge in [0, 0.05) is 31.0 Å². The van der Waals surface area contributed by atoms with E-state index in [1.54, 1.807) is 17.0 Å². The van der Waals surface area contributed by atoms with Crippen LogP contribution in [0.25, 0.3) is 16.4 Å². The summed E-state index contributed by atoms with van der Waals surface area (Å²) in [5.41, 5.74) is 3.94. The van der Waals surface area contributed by atoms with Crippen molar-refractivity contribution in [1.82, 2.24) is 18.9 Å². The average Bonchev–Trinajstić information content (AvgIpc) is 2.94. The van der Waals surface area contributed by atoms with Gasteiger partial charge >= 0.3 is 0 Å². The van der Waals surface area contributed by atoms with Crippen LogP contribution < -0.4 is 5.56 Å². The van der Waals surface area contributed by atoms with Crippen LogP contribution in [-0.4, -0.2) is 18.9 Å². The van der Waals surface area contributed by atoms with Crippen LogP contribution in [0.1, 0.15) is 16.8 Å². The fraction of sp³-hybridized carbons (Fsp3) is 0.167. The van der Waals surface area contributed by atoms with E-state index in [0.717, 1.165) is 22.3 Å². The summed E-state index contributed by atoms with van der Waals surface area (Å²) in [6, 6.07) is 5.89. The Balaban J connectivity index is 1.82. The van der Waals surface area contributed by atoms with Gasteiger partial charge in [-0.25, -0.2) is 4.98 Å². The first kappa shape index (κ1) is 13.7. The molecule has 5 nitrogen and oxygen atoms in total. The Morgan fingerprint density at radius 1 is 1.04 bits per heavy atom. The van der Waals surface area contributed by atoms with Crippen LogP contribution >= 0.6 is 0 Å². The summed E-state index contributed by atoms with van der Waals surface area (Å²) in [6.45, 7) is 4.50. The third-order valence-corrected chi connectivity index (χ3v) is 4.07. The molecule has 0 aliphatic heterocycles. The Bertz CT molecular complexity index is 1090. The first-order chi connectivity index (χ1) is 11.1. The molecule has 0 N–H and O–H groups in total. The lowest BCUT2D eigenvalue weighted by Gasteiger charge is -2.08. The van der Waals surface area contributed by atoms with E-state index >= 15 is 0 Å². The second-order valence-electron chi connectivity index (χ2n) is 5.87. The predicted octanol–water partition coefficient (Wildman–Crippen LogP) is 2.71. The molecule has 0 aliphatic rings. The van der Waals surface area contributed by atoms with Gasteiger partial charge in [-0.2, -0.15) is 0 Å². The molecular weight excluding hydrogens is 288 g/mol. The van der Waals surface area contributed by atoms with Gasteiger partial charge in [0.15, 0.2) is 0 Å². The second kappa shape index (κ2) is 5.05. The van der Waals surface area contributed by atoms with Gasteiger partial charge < -0.3 is 8.97 Å². The standard InChI is InChI=1S/C18H16N4O/c1-12-3-4-17-20-14(10-21(17)8-12)11-22-9-13(2)15-5-6-19-7-16(15)18(22)23/h3-10H,11H2,1-2H3. The normalized spacial score (nSPS) is 11.4. The van der Waals surface area contributed by atoms with Crippen molar-refractivity contribution in [2.45, 2.75) is 20.4 Å². The van der Waals surface area contributed by atoms with Crippen molar-refractivity contribution >= 4 is 16.4 Å². The fourth-order valence-corrected chi connectivity index (χ4v) is 2.95. The van der Waals surface area contributed by atoms with Crippen LogP contribution in [0.4, 0.5) is 0 Å². The van der Waals surface area contributed by atoms with Crippen molar-refractivity contribution in [3.05, 3.63) is 76.4 Å². The van der Waals surface area contributed by atoms with Gasteiger partial charge in [-0.1, -0.05) is 6.07 Å². The predicted molar refractivity (Wildman–Crippen MR) is 89.8 cm³/mol. The van der Waals surface area contributed by atoms with Crippen molar-refractivity contribution in [3.63, 3.8) is 0 Å². The summed E-state index contributed by atoms with van der Waals surface area (Å²) in [6.07, 6.45) is 9.24. The maximum absolute atomic E-state index is 12.6. The molecule has 0 spiro atoms. The highest BCUT2D eigenvalue weighted by molar-refractivity contribution is 5.83. The minimum atomic E-state index is -0.0352. The number of imidazole rings is 1. The van der Waals surface area contributed by atoms with Gasteiger partial charge in [-0.3, -0.25) is 9.78 Å². The lowest BCUT2D eigenvalue weighted by atomic mass is 10.1. The van der Waals surface area contributed by atoms with Crippen LogP contribution in [0, 0.1) is 13.8 Å². The third-order valence-electron chi connectivity index (χ3n) is 4.07. The fourth-order valence-electron chi connectivity index (χ4n) is 2.95. The number of hydrogen-bond donors (Lipinski definition) is 0. The van der Waals surface area contributed by atoms with E-state index in [0.29, 0.717) is 11.9 Å². The van der Waals surface area contributed by atoms with Crippen LogP contribution in [0.15, 0.2) is 54.0 Å². The minimum absolute atomic E-state index is 0.0352. The molecule has 4 aromatic heterocycles. The topological polar surface area (TPSA) is 52.2 Å². The minimum Gasteiger partial charge on any atom is -0.309 e. The molecule has 5 heteroatoms. The largest absolute Gasteiger partial charge is 0.309 e. The molecule has 4 rings (SSSR count). The number of aryl methyl sites for hydroxylation is 2. The van der Waals surface area contributed by atoms with Crippen molar-refractivity contribution in [3.8, 4) is 0 Å². The Labute approximate surface area is 132 Å². The molecule has 4 heterocycles. The monoisotopic (exact) mass is 304 g/mol. The van der Waals surface area contributed by atoms with E-state index in [2.05, 4.69) is 9.97 Å². The highest BCUT2D eigenvalue weighted by Gasteiger charge is 2.09. The molecule has 0 aromatic carbocycles. The Morgan fingerprint density at radius 3 is 2.78 bits per heavy atom. The summed E-state index contributed by atoms with van der Waals surface area (Å²) in [5.74, 6) is 0. The molecule has 0 unspecified atom stereocenters. The molecule has 0 saturated carbocycles. The lowest BCUT2D eigenvalue weighted by molar-refractivity contribution is 0.748. The Kier molecular flexibility index (Phi) is 3.01. The molecule has 0 bridgehead atoms. The number of nitrogens with zero attached hydrogens (tertiary/aromatic N) is 4. The Morgan fingerprint density at radius 2 is 1.91 bits per heavy atom. The van der Waals surface area contributed by atoms with Gasteiger partial charge in [0.1, 0.15) is 5.65 Å². The summed E-state index contributed by atoms with van der Waals surface area (Å²) in [4.78, 5) is 21.3. The molecule has 114 valence electrons. The molecule has 23 heavy (non-hydrogen) atoms. The van der Waals surface area contributed by atoms with Crippen LogP contribution in [0.5, 0.6) is 0 Å². The number of aromatic nitrogens is 4. The van der Waals surface area contributed by atoms with Crippen molar-refractivity contribution in [1.29, 1.82) is 0 Å². The van der Waals surface area contributed by atoms with Crippen molar-refractivity contribution in [2.75, 3.05) is 0 Å². The molecule has 0 amide bonds. The quantitative estimate of drug-likeness (QED) is 0.572. The zero-order chi connectivity index (χ0) is 16.0. The summed E-state index contributed by atoms with van der Waals surface area (Å²) >= 11 is 0. The van der Waals surface area contributed by atoms with E-state index in [9.17, 15) is 4.79 Å². The highest BCUT2D eigenvalue weighted by atomic mass is 16.1. The molecule has 4 aromatic rings. The molecule has 0 atom stereocenters. The zero-order valence-corrected chi connectivity index (χ0v) is 13.0. The average molecular weight is 304 g/mol. The smallest absolute Gasteiger partial charge is 0.260 e. The number of rotatable bonds is 2. The molecule has 0 radical (unpaired) electrons. The first-order valence-electron chi connectivity index (χ1n) is 7.50. The van der Waals surface area contributed by atoms with Gasteiger partial charge in [-0.05, 0) is 42.5 Å². The second-order valence-corrected chi connectivity index (χ2v) is 5.87. The first-order valence-corrected chi connectivity index (χ1v) is 7.50. The summed E-state index contributed by atoms with van der Waals surface area (Å²) in [5, 5.41) is 1.60. The van der Waals surface area contributed by atoms with Crippen LogP contribution in [0.2, 0.25) is 0 Å². The zero-order valence-electron chi connectivity index (χ0n) is 13.0. The van der Waals surface area contributed by atoms with Crippen molar-refractivity contribution < 1.29 is 0 Å². The van der Waals surface area contributed by atoms with E-state index < -0.39 is 0 Å². The summed E-state index contributed by atoms with van der Waals surface area (Å²) < 4.78 is 3.69. The SMILES string of the molecule is Cc1ccc2nc(Cn3cc(C)c4ccncc4c3=O)cn2c1. The third kappa shape index (κ3) is 2.30. The molecule has 0 aliphatic carbocycles. The van der Waals surface area contributed by atoms with Crippen LogP contribution in [0.3, 0.4) is 0 Å².